The van der Waals surface area contributed by atoms with Crippen LogP contribution < -0.4 is 5.32 Å². The lowest BCUT2D eigenvalue weighted by Gasteiger charge is -2.52. The van der Waals surface area contributed by atoms with E-state index in [4.69, 9.17) is 9.84 Å². The summed E-state index contributed by atoms with van der Waals surface area (Å²) >= 11 is 0. The molecular formula is C15H25NO4. The van der Waals surface area contributed by atoms with Gasteiger partial charge in [-0.1, -0.05) is 19.3 Å². The molecule has 0 heterocycles. The van der Waals surface area contributed by atoms with Gasteiger partial charge in [-0.05, 0) is 45.4 Å². The summed E-state index contributed by atoms with van der Waals surface area (Å²) in [4.78, 5) is 22.9. The van der Waals surface area contributed by atoms with Crippen molar-refractivity contribution in [3.63, 3.8) is 0 Å². The molecule has 2 rings (SSSR count). The molecule has 5 nitrogen and oxygen atoms in total. The summed E-state index contributed by atoms with van der Waals surface area (Å²) in [5.74, 6) is 0.434. The van der Waals surface area contributed by atoms with Gasteiger partial charge in [-0.3, -0.25) is 4.79 Å². The monoisotopic (exact) mass is 283 g/mol. The van der Waals surface area contributed by atoms with Gasteiger partial charge >= 0.3 is 12.1 Å². The second kappa shape index (κ2) is 5.26. The summed E-state index contributed by atoms with van der Waals surface area (Å²) in [5, 5.41) is 11.9. The highest BCUT2D eigenvalue weighted by atomic mass is 16.6. The number of carbonyl (C=O) groups excluding carboxylic acids is 1. The van der Waals surface area contributed by atoms with E-state index < -0.39 is 23.2 Å². The van der Waals surface area contributed by atoms with Crippen LogP contribution in [0.1, 0.15) is 59.3 Å². The number of ether oxygens (including phenoxy) is 1. The van der Waals surface area contributed by atoms with Gasteiger partial charge in [-0.2, -0.15) is 0 Å². The van der Waals surface area contributed by atoms with Crippen LogP contribution >= 0.6 is 0 Å². The fourth-order valence-electron chi connectivity index (χ4n) is 3.29. The van der Waals surface area contributed by atoms with E-state index in [0.29, 0.717) is 5.92 Å². The van der Waals surface area contributed by atoms with Crippen LogP contribution in [0.25, 0.3) is 0 Å². The average molecular weight is 283 g/mol. The summed E-state index contributed by atoms with van der Waals surface area (Å²) in [6, 6.07) is 0. The third-order valence-corrected chi connectivity index (χ3v) is 4.38. The highest BCUT2D eigenvalue weighted by molar-refractivity contribution is 5.73. The Morgan fingerprint density at radius 3 is 2.25 bits per heavy atom. The summed E-state index contributed by atoms with van der Waals surface area (Å²) in [5.41, 5.74) is -1.17. The summed E-state index contributed by atoms with van der Waals surface area (Å²) in [6.07, 6.45) is 4.79. The number of carboxylic acid groups (broad SMARTS) is 1. The number of amides is 1. The van der Waals surface area contributed by atoms with Crippen molar-refractivity contribution in [2.45, 2.75) is 70.4 Å². The van der Waals surface area contributed by atoms with Gasteiger partial charge in [-0.15, -0.1) is 0 Å². The first-order chi connectivity index (χ1) is 9.19. The Labute approximate surface area is 120 Å². The molecule has 2 fully saturated rings. The van der Waals surface area contributed by atoms with E-state index >= 15 is 0 Å². The normalized spacial score (nSPS) is 30.1. The Morgan fingerprint density at radius 1 is 1.25 bits per heavy atom. The van der Waals surface area contributed by atoms with E-state index in [1.165, 1.54) is 19.3 Å². The first kappa shape index (κ1) is 15.1. The van der Waals surface area contributed by atoms with E-state index in [-0.39, 0.29) is 6.42 Å². The van der Waals surface area contributed by atoms with Gasteiger partial charge in [0.25, 0.3) is 0 Å². The fraction of sp³-hybridized carbons (Fsp3) is 0.867. The largest absolute Gasteiger partial charge is 0.481 e. The third kappa shape index (κ3) is 3.64. The topological polar surface area (TPSA) is 75.6 Å². The maximum absolute atomic E-state index is 11.9. The lowest BCUT2D eigenvalue weighted by molar-refractivity contribution is -0.141. The molecule has 0 spiro atoms. The van der Waals surface area contributed by atoms with Gasteiger partial charge in [0, 0.05) is 0 Å². The number of carbonyl (C=O) groups is 2. The van der Waals surface area contributed by atoms with Crippen molar-refractivity contribution in [2.24, 2.45) is 11.8 Å². The smallest absolute Gasteiger partial charge is 0.408 e. The quantitative estimate of drug-likeness (QED) is 0.831. The molecule has 0 aromatic heterocycles. The molecule has 0 atom stereocenters. The molecule has 0 radical (unpaired) electrons. The number of hydrogen-bond donors (Lipinski definition) is 2. The van der Waals surface area contributed by atoms with E-state index in [1.807, 2.05) is 0 Å². The minimum atomic E-state index is -0.867. The van der Waals surface area contributed by atoms with Gasteiger partial charge in [0.15, 0.2) is 0 Å². The lowest BCUT2D eigenvalue weighted by Crippen LogP contribution is -2.60. The number of alkyl carbamates (subject to hydrolysis) is 1. The number of nitrogens with one attached hydrogen (secondary N) is 1. The molecule has 2 aliphatic carbocycles. The van der Waals surface area contributed by atoms with Crippen molar-refractivity contribution in [3.05, 3.63) is 0 Å². The standard InChI is InChI=1S/C15H25NO4/c1-14(2,3)20-13(19)16-15(9-12(17)18)7-11(8-15)10-5-4-6-10/h10-11H,4-9H2,1-3H3,(H,16,19)(H,17,18). The van der Waals surface area contributed by atoms with Crippen molar-refractivity contribution in [1.82, 2.24) is 5.32 Å². The fourth-order valence-corrected chi connectivity index (χ4v) is 3.29. The second-order valence-electron chi connectivity index (χ2n) is 7.34. The molecule has 1 amide bonds. The number of rotatable bonds is 4. The van der Waals surface area contributed by atoms with Crippen LogP contribution in [0.2, 0.25) is 0 Å². The predicted molar refractivity (Wildman–Crippen MR) is 74.4 cm³/mol. The molecule has 0 aliphatic heterocycles. The number of aliphatic carboxylic acids is 1. The van der Waals surface area contributed by atoms with Gasteiger partial charge in [0.2, 0.25) is 0 Å². The predicted octanol–water partition coefficient (Wildman–Crippen LogP) is 2.93. The van der Waals surface area contributed by atoms with E-state index in [1.54, 1.807) is 20.8 Å². The van der Waals surface area contributed by atoms with Gasteiger partial charge in [-0.25, -0.2) is 4.79 Å². The van der Waals surface area contributed by atoms with E-state index in [0.717, 1.165) is 18.8 Å². The average Bonchev–Trinajstić information content (AvgIpc) is 2.06. The van der Waals surface area contributed by atoms with Crippen LogP contribution in [0.5, 0.6) is 0 Å². The van der Waals surface area contributed by atoms with Gasteiger partial charge in [0.05, 0.1) is 12.0 Å². The zero-order valence-corrected chi connectivity index (χ0v) is 12.6. The Bertz CT molecular complexity index is 389. The van der Waals surface area contributed by atoms with Gasteiger partial charge in [0.1, 0.15) is 5.60 Å². The summed E-state index contributed by atoms with van der Waals surface area (Å²) in [7, 11) is 0. The Balaban J connectivity index is 1.91. The Morgan fingerprint density at radius 2 is 1.85 bits per heavy atom. The molecule has 2 saturated carbocycles. The Kier molecular flexibility index (Phi) is 3.98. The summed E-state index contributed by atoms with van der Waals surface area (Å²) < 4.78 is 5.24. The molecule has 0 bridgehead atoms. The zero-order valence-electron chi connectivity index (χ0n) is 12.6. The van der Waals surface area contributed by atoms with Gasteiger partial charge < -0.3 is 15.2 Å². The minimum absolute atomic E-state index is 0.0184. The SMILES string of the molecule is CC(C)(C)OC(=O)NC1(CC(=O)O)CC(C2CCC2)C1. The number of carboxylic acids is 1. The molecule has 20 heavy (non-hydrogen) atoms. The molecule has 2 N–H and O–H groups in total. The molecule has 5 heteroatoms. The van der Waals surface area contributed by atoms with Crippen LogP contribution in [-0.4, -0.2) is 28.3 Å². The van der Waals surface area contributed by atoms with Crippen LogP contribution in [0.15, 0.2) is 0 Å². The van der Waals surface area contributed by atoms with Crippen molar-refractivity contribution in [3.8, 4) is 0 Å². The molecule has 114 valence electrons. The Hall–Kier alpha value is -1.26. The van der Waals surface area contributed by atoms with Crippen molar-refractivity contribution >= 4 is 12.1 Å². The molecule has 0 saturated heterocycles. The molecule has 2 aliphatic rings. The third-order valence-electron chi connectivity index (χ3n) is 4.38. The molecule has 0 unspecified atom stereocenters. The number of hydrogen-bond acceptors (Lipinski definition) is 3. The highest BCUT2D eigenvalue weighted by Crippen LogP contribution is 2.50. The zero-order chi connectivity index (χ0) is 15.0. The van der Waals surface area contributed by atoms with Crippen LogP contribution in [-0.2, 0) is 9.53 Å². The first-order valence-corrected chi connectivity index (χ1v) is 7.42. The molecule has 0 aromatic carbocycles. The van der Waals surface area contributed by atoms with Crippen LogP contribution in [0.4, 0.5) is 4.79 Å². The maximum Gasteiger partial charge on any atom is 0.408 e. The van der Waals surface area contributed by atoms with Crippen LogP contribution in [0, 0.1) is 11.8 Å². The molecular weight excluding hydrogens is 258 g/mol. The van der Waals surface area contributed by atoms with Crippen LogP contribution in [0.3, 0.4) is 0 Å². The van der Waals surface area contributed by atoms with E-state index in [9.17, 15) is 9.59 Å². The maximum atomic E-state index is 11.9. The summed E-state index contributed by atoms with van der Waals surface area (Å²) in [6.45, 7) is 5.40. The van der Waals surface area contributed by atoms with Crippen molar-refractivity contribution in [2.75, 3.05) is 0 Å². The highest BCUT2D eigenvalue weighted by Gasteiger charge is 2.50. The first-order valence-electron chi connectivity index (χ1n) is 7.42. The minimum Gasteiger partial charge on any atom is -0.481 e. The van der Waals surface area contributed by atoms with Crippen molar-refractivity contribution in [1.29, 1.82) is 0 Å². The van der Waals surface area contributed by atoms with Crippen molar-refractivity contribution < 1.29 is 19.4 Å². The lowest BCUT2D eigenvalue weighted by atomic mass is 9.58. The molecule has 0 aromatic rings. The van der Waals surface area contributed by atoms with E-state index in [2.05, 4.69) is 5.32 Å². The second-order valence-corrected chi connectivity index (χ2v) is 7.34.